The van der Waals surface area contributed by atoms with Gasteiger partial charge < -0.3 is 20.2 Å². The van der Waals surface area contributed by atoms with E-state index in [0.29, 0.717) is 35.3 Å². The first kappa shape index (κ1) is 20.0. The minimum Gasteiger partial charge on any atom is -0.508 e. The van der Waals surface area contributed by atoms with Gasteiger partial charge in [-0.3, -0.25) is 0 Å². The monoisotopic (exact) mass is 426 g/mol. The predicted molar refractivity (Wildman–Crippen MR) is 121 cm³/mol. The SMILES string of the molecule is OC[C@H]1c2ccccc2CCN1c1nc(-c2cccc(O)c2)nc(-c2ccccc2O)n1. The number of anilines is 1. The summed E-state index contributed by atoms with van der Waals surface area (Å²) >= 11 is 0. The van der Waals surface area contributed by atoms with Gasteiger partial charge in [-0.1, -0.05) is 48.5 Å². The van der Waals surface area contributed by atoms with Gasteiger partial charge in [-0.15, -0.1) is 0 Å². The van der Waals surface area contributed by atoms with Crippen LogP contribution in [0.3, 0.4) is 0 Å². The minimum atomic E-state index is -0.295. The molecule has 0 unspecified atom stereocenters. The van der Waals surface area contributed by atoms with E-state index < -0.39 is 0 Å². The summed E-state index contributed by atoms with van der Waals surface area (Å²) in [5.41, 5.74) is 3.36. The third-order valence-electron chi connectivity index (χ3n) is 5.72. The number of hydrogen-bond donors (Lipinski definition) is 3. The standard InChI is InChI=1S/C25H22N4O3/c30-15-21-19-9-2-1-6-16(19)12-13-29(21)25-27-23(17-7-5-8-18(31)14-17)26-24(28-25)20-10-3-4-11-22(20)32/h1-11,14,21,30-32H,12-13,15H2/t21-/m0/s1. The lowest BCUT2D eigenvalue weighted by molar-refractivity contribution is 0.256. The van der Waals surface area contributed by atoms with Crippen LogP contribution in [-0.2, 0) is 6.42 Å². The molecule has 1 aliphatic rings. The van der Waals surface area contributed by atoms with Gasteiger partial charge in [0.15, 0.2) is 11.6 Å². The van der Waals surface area contributed by atoms with Gasteiger partial charge in [-0.25, -0.2) is 4.98 Å². The number of aliphatic hydroxyl groups excluding tert-OH is 1. The number of aromatic hydroxyl groups is 2. The van der Waals surface area contributed by atoms with E-state index in [1.807, 2.05) is 29.2 Å². The number of phenolic OH excluding ortho intramolecular Hbond substituents is 2. The van der Waals surface area contributed by atoms with Crippen LogP contribution in [0, 0.1) is 0 Å². The van der Waals surface area contributed by atoms with Gasteiger partial charge in [0.1, 0.15) is 11.5 Å². The highest BCUT2D eigenvalue weighted by molar-refractivity contribution is 5.68. The molecule has 1 aliphatic heterocycles. The summed E-state index contributed by atoms with van der Waals surface area (Å²) in [6.45, 7) is 0.544. The lowest BCUT2D eigenvalue weighted by atomic mass is 9.93. The molecule has 0 bridgehead atoms. The fourth-order valence-corrected chi connectivity index (χ4v) is 4.14. The lowest BCUT2D eigenvalue weighted by Crippen LogP contribution is -2.38. The van der Waals surface area contributed by atoms with E-state index in [2.05, 4.69) is 16.0 Å². The molecule has 7 nitrogen and oxygen atoms in total. The molecular formula is C25H22N4O3. The first-order valence-corrected chi connectivity index (χ1v) is 10.4. The van der Waals surface area contributed by atoms with Crippen LogP contribution in [0.4, 0.5) is 5.95 Å². The maximum absolute atomic E-state index is 10.4. The van der Waals surface area contributed by atoms with Gasteiger partial charge in [0.05, 0.1) is 18.2 Å². The number of benzene rings is 3. The molecule has 32 heavy (non-hydrogen) atoms. The molecule has 7 heteroatoms. The normalized spacial score (nSPS) is 15.4. The van der Waals surface area contributed by atoms with E-state index in [1.165, 1.54) is 5.56 Å². The number of hydrogen-bond acceptors (Lipinski definition) is 7. The van der Waals surface area contributed by atoms with Gasteiger partial charge in [0.25, 0.3) is 0 Å². The van der Waals surface area contributed by atoms with Crippen molar-refractivity contribution in [2.45, 2.75) is 12.5 Å². The minimum absolute atomic E-state index is 0.0641. The van der Waals surface area contributed by atoms with Gasteiger partial charge in [-0.05, 0) is 41.8 Å². The lowest BCUT2D eigenvalue weighted by Gasteiger charge is -2.36. The van der Waals surface area contributed by atoms with Crippen molar-refractivity contribution in [3.63, 3.8) is 0 Å². The highest BCUT2D eigenvalue weighted by atomic mass is 16.3. The molecule has 0 aliphatic carbocycles. The molecule has 0 radical (unpaired) electrons. The number of fused-ring (bicyclic) bond motifs is 1. The summed E-state index contributed by atoms with van der Waals surface area (Å²) in [5, 5.41) is 30.6. The van der Waals surface area contributed by atoms with E-state index in [0.717, 1.165) is 12.0 Å². The maximum atomic E-state index is 10.4. The number of rotatable bonds is 4. The Balaban J connectivity index is 1.67. The van der Waals surface area contributed by atoms with E-state index in [-0.39, 0.29) is 24.1 Å². The Morgan fingerprint density at radius 1 is 0.844 bits per heavy atom. The number of phenols is 2. The highest BCUT2D eigenvalue weighted by Gasteiger charge is 2.29. The maximum Gasteiger partial charge on any atom is 0.230 e. The molecule has 0 saturated carbocycles. The van der Waals surface area contributed by atoms with E-state index >= 15 is 0 Å². The third kappa shape index (κ3) is 3.63. The molecule has 0 spiro atoms. The molecule has 1 atom stereocenters. The van der Waals surface area contributed by atoms with Gasteiger partial charge >= 0.3 is 0 Å². The van der Waals surface area contributed by atoms with Crippen molar-refractivity contribution in [1.29, 1.82) is 0 Å². The molecule has 4 aromatic rings. The second kappa shape index (κ2) is 8.28. The highest BCUT2D eigenvalue weighted by Crippen LogP contribution is 2.35. The first-order valence-electron chi connectivity index (χ1n) is 10.4. The quantitative estimate of drug-likeness (QED) is 0.457. The number of para-hydroxylation sites is 1. The Hall–Kier alpha value is -3.97. The molecule has 5 rings (SSSR count). The Morgan fingerprint density at radius 3 is 2.44 bits per heavy atom. The van der Waals surface area contributed by atoms with Crippen LogP contribution in [0.1, 0.15) is 17.2 Å². The topological polar surface area (TPSA) is 103 Å². The molecule has 0 fully saturated rings. The summed E-state index contributed by atoms with van der Waals surface area (Å²) in [4.78, 5) is 15.9. The molecule has 160 valence electrons. The molecule has 3 aromatic carbocycles. The molecule has 0 amide bonds. The van der Waals surface area contributed by atoms with Crippen LogP contribution in [0.2, 0.25) is 0 Å². The Bertz CT molecular complexity index is 1280. The molecular weight excluding hydrogens is 404 g/mol. The number of nitrogens with zero attached hydrogens (tertiary/aromatic N) is 4. The average Bonchev–Trinajstić information content (AvgIpc) is 2.83. The summed E-state index contributed by atoms with van der Waals surface area (Å²) in [5.74, 6) is 1.27. The van der Waals surface area contributed by atoms with Gasteiger partial charge in [-0.2, -0.15) is 9.97 Å². The summed E-state index contributed by atoms with van der Waals surface area (Å²) in [7, 11) is 0. The van der Waals surface area contributed by atoms with Crippen molar-refractivity contribution in [2.75, 3.05) is 18.1 Å². The summed E-state index contributed by atoms with van der Waals surface area (Å²) < 4.78 is 0. The van der Waals surface area contributed by atoms with E-state index in [9.17, 15) is 15.3 Å². The number of aliphatic hydroxyl groups is 1. The Kier molecular flexibility index (Phi) is 5.17. The molecule has 3 N–H and O–H groups in total. The smallest absolute Gasteiger partial charge is 0.230 e. The van der Waals surface area contributed by atoms with Crippen molar-refractivity contribution in [2.24, 2.45) is 0 Å². The summed E-state index contributed by atoms with van der Waals surface area (Å²) in [6, 6.07) is 21.3. The molecule has 2 heterocycles. The van der Waals surface area contributed by atoms with Crippen LogP contribution in [0.15, 0.2) is 72.8 Å². The van der Waals surface area contributed by atoms with Crippen LogP contribution < -0.4 is 4.90 Å². The zero-order valence-electron chi connectivity index (χ0n) is 17.3. The van der Waals surface area contributed by atoms with Gasteiger partial charge in [0, 0.05) is 12.1 Å². The Labute approximate surface area is 185 Å². The Morgan fingerprint density at radius 2 is 1.62 bits per heavy atom. The van der Waals surface area contributed by atoms with E-state index in [4.69, 9.17) is 4.98 Å². The fourth-order valence-electron chi connectivity index (χ4n) is 4.14. The van der Waals surface area contributed by atoms with Crippen LogP contribution in [0.25, 0.3) is 22.8 Å². The molecule has 1 aromatic heterocycles. The second-order valence-electron chi connectivity index (χ2n) is 7.69. The van der Waals surface area contributed by atoms with Crippen molar-refractivity contribution in [1.82, 2.24) is 15.0 Å². The number of aromatic nitrogens is 3. The zero-order valence-corrected chi connectivity index (χ0v) is 17.3. The van der Waals surface area contributed by atoms with Crippen LogP contribution in [0.5, 0.6) is 11.5 Å². The van der Waals surface area contributed by atoms with Crippen molar-refractivity contribution in [3.8, 4) is 34.3 Å². The van der Waals surface area contributed by atoms with Gasteiger partial charge in [0.2, 0.25) is 5.95 Å². The molecule has 0 saturated heterocycles. The predicted octanol–water partition coefficient (Wildman–Crippen LogP) is 3.71. The largest absolute Gasteiger partial charge is 0.508 e. The van der Waals surface area contributed by atoms with Crippen molar-refractivity contribution >= 4 is 5.95 Å². The van der Waals surface area contributed by atoms with E-state index in [1.54, 1.807) is 42.5 Å². The first-order chi connectivity index (χ1) is 15.6. The zero-order chi connectivity index (χ0) is 22.1. The fraction of sp³-hybridized carbons (Fsp3) is 0.160. The second-order valence-corrected chi connectivity index (χ2v) is 7.69. The average molecular weight is 426 g/mol. The van der Waals surface area contributed by atoms with Crippen LogP contribution >= 0.6 is 0 Å². The van der Waals surface area contributed by atoms with Crippen LogP contribution in [-0.4, -0.2) is 43.4 Å². The summed E-state index contributed by atoms with van der Waals surface area (Å²) in [6.07, 6.45) is 0.797. The van der Waals surface area contributed by atoms with Crippen molar-refractivity contribution in [3.05, 3.63) is 83.9 Å². The van der Waals surface area contributed by atoms with Crippen molar-refractivity contribution < 1.29 is 15.3 Å². The third-order valence-corrected chi connectivity index (χ3v) is 5.72.